The van der Waals surface area contributed by atoms with Crippen molar-refractivity contribution in [2.45, 2.75) is 33.1 Å². The Bertz CT molecular complexity index is 603. The maximum Gasteiger partial charge on any atom is 0.236 e. The van der Waals surface area contributed by atoms with Crippen molar-refractivity contribution < 1.29 is 14.4 Å². The number of nitrogens with zero attached hydrogens (tertiary/aromatic N) is 2. The highest BCUT2D eigenvalue weighted by Gasteiger charge is 2.37. The Kier molecular flexibility index (Phi) is 2.60. The smallest absolute Gasteiger partial charge is 0.236 e. The van der Waals surface area contributed by atoms with Gasteiger partial charge in [-0.25, -0.2) is 4.98 Å². The molecule has 1 fully saturated rings. The molecule has 19 heavy (non-hydrogen) atoms. The van der Waals surface area contributed by atoms with Crippen molar-refractivity contribution in [3.8, 4) is 0 Å². The lowest BCUT2D eigenvalue weighted by Crippen LogP contribution is -2.26. The van der Waals surface area contributed by atoms with Gasteiger partial charge >= 0.3 is 0 Å². The molecule has 2 heterocycles. The van der Waals surface area contributed by atoms with Crippen LogP contribution in [0.25, 0.3) is 0 Å². The van der Waals surface area contributed by atoms with E-state index < -0.39 is 0 Å². The molecule has 0 aromatic carbocycles. The van der Waals surface area contributed by atoms with Gasteiger partial charge in [-0.2, -0.15) is 0 Å². The van der Waals surface area contributed by atoms with Crippen LogP contribution in [-0.2, 0) is 16.0 Å². The molecule has 0 N–H and O–H groups in total. The Morgan fingerprint density at radius 2 is 1.95 bits per heavy atom. The zero-order chi connectivity index (χ0) is 13.8. The minimum absolute atomic E-state index is 0.0519. The molecule has 3 rings (SSSR count). The first-order chi connectivity index (χ1) is 8.85. The van der Waals surface area contributed by atoms with Crippen LogP contribution in [-0.4, -0.2) is 29.0 Å². The van der Waals surface area contributed by atoms with Gasteiger partial charge in [0.15, 0.2) is 16.7 Å². The number of carbonyl (C=O) groups is 3. The highest BCUT2D eigenvalue weighted by molar-refractivity contribution is 7.17. The van der Waals surface area contributed by atoms with Crippen LogP contribution in [0, 0.1) is 5.41 Å². The van der Waals surface area contributed by atoms with Crippen LogP contribution in [0.1, 0.15) is 42.1 Å². The normalized spacial score (nSPS) is 22.0. The zero-order valence-electron chi connectivity index (χ0n) is 10.9. The third-order valence-corrected chi connectivity index (χ3v) is 4.60. The van der Waals surface area contributed by atoms with Gasteiger partial charge in [-0.05, 0) is 11.8 Å². The van der Waals surface area contributed by atoms with Crippen molar-refractivity contribution >= 4 is 33.9 Å². The number of amides is 1. The van der Waals surface area contributed by atoms with E-state index in [1.807, 2.05) is 13.8 Å². The van der Waals surface area contributed by atoms with E-state index >= 15 is 0 Å². The molecule has 2 aliphatic rings. The van der Waals surface area contributed by atoms with Gasteiger partial charge in [0.25, 0.3) is 0 Å². The van der Waals surface area contributed by atoms with Crippen molar-refractivity contribution in [1.29, 1.82) is 0 Å². The quantitative estimate of drug-likeness (QED) is 0.732. The number of Topliss-reactive ketones (excluding diaryl/α,β-unsaturated/α-hetero) is 2. The Morgan fingerprint density at radius 3 is 2.58 bits per heavy atom. The predicted molar refractivity (Wildman–Crippen MR) is 70.5 cm³/mol. The van der Waals surface area contributed by atoms with E-state index in [1.54, 1.807) is 0 Å². The second-order valence-corrected chi connectivity index (χ2v) is 6.89. The highest BCUT2D eigenvalue weighted by atomic mass is 32.1. The van der Waals surface area contributed by atoms with Gasteiger partial charge in [0, 0.05) is 6.42 Å². The second kappa shape index (κ2) is 3.96. The fraction of sp³-hybridized carbons (Fsp3) is 0.538. The summed E-state index contributed by atoms with van der Waals surface area (Å²) in [4.78, 5) is 41.5. The number of aromatic nitrogens is 1. The van der Waals surface area contributed by atoms with Gasteiger partial charge in [-0.1, -0.05) is 25.2 Å². The number of fused-ring (bicyclic) bond motifs is 1. The summed E-state index contributed by atoms with van der Waals surface area (Å²) in [5.41, 5.74) is 0.689. The van der Waals surface area contributed by atoms with E-state index in [-0.39, 0.29) is 35.9 Å². The molecule has 1 aliphatic carbocycles. The molecule has 1 amide bonds. The molecule has 0 unspecified atom stereocenters. The van der Waals surface area contributed by atoms with Crippen LogP contribution in [0.4, 0.5) is 5.13 Å². The molecule has 1 aliphatic heterocycles. The molecule has 0 atom stereocenters. The van der Waals surface area contributed by atoms with Crippen LogP contribution >= 0.6 is 11.3 Å². The number of ketones is 2. The third kappa shape index (κ3) is 2.10. The average Bonchev–Trinajstić information content (AvgIpc) is 2.80. The fourth-order valence-electron chi connectivity index (χ4n) is 2.58. The number of carbonyl (C=O) groups excluding carboxylic acids is 3. The number of hydrogen-bond donors (Lipinski definition) is 0. The lowest BCUT2D eigenvalue weighted by Gasteiger charge is -2.26. The highest BCUT2D eigenvalue weighted by Crippen LogP contribution is 2.39. The first kappa shape index (κ1) is 12.5. The molecule has 0 spiro atoms. The Morgan fingerprint density at radius 1 is 1.21 bits per heavy atom. The molecular formula is C13H14N2O3S. The molecule has 0 radical (unpaired) electrons. The van der Waals surface area contributed by atoms with Gasteiger partial charge in [0.05, 0.1) is 23.5 Å². The van der Waals surface area contributed by atoms with E-state index in [1.165, 1.54) is 16.2 Å². The van der Waals surface area contributed by atoms with Crippen LogP contribution in [0.15, 0.2) is 0 Å². The zero-order valence-corrected chi connectivity index (χ0v) is 11.7. The lowest BCUT2D eigenvalue weighted by atomic mass is 9.78. The summed E-state index contributed by atoms with van der Waals surface area (Å²) in [6.45, 7) is 4.16. The Balaban J connectivity index is 1.97. The lowest BCUT2D eigenvalue weighted by molar-refractivity contribution is -0.121. The largest absolute Gasteiger partial charge is 0.297 e. The van der Waals surface area contributed by atoms with Crippen LogP contribution in [0.5, 0.6) is 0 Å². The molecule has 1 saturated heterocycles. The van der Waals surface area contributed by atoms with Gasteiger partial charge in [0.1, 0.15) is 0 Å². The van der Waals surface area contributed by atoms with Gasteiger partial charge in [0.2, 0.25) is 5.91 Å². The maximum atomic E-state index is 12.1. The van der Waals surface area contributed by atoms with E-state index in [9.17, 15) is 14.4 Å². The summed E-state index contributed by atoms with van der Waals surface area (Å²) in [5.74, 6) is -0.222. The fourth-order valence-corrected chi connectivity index (χ4v) is 3.62. The van der Waals surface area contributed by atoms with Crippen LogP contribution < -0.4 is 4.90 Å². The van der Waals surface area contributed by atoms with Crippen LogP contribution in [0.2, 0.25) is 0 Å². The van der Waals surface area contributed by atoms with Crippen molar-refractivity contribution in [1.82, 2.24) is 4.98 Å². The summed E-state index contributed by atoms with van der Waals surface area (Å²) in [7, 11) is 0. The molecular weight excluding hydrogens is 264 g/mol. The Labute approximate surface area is 114 Å². The number of thiazole rings is 1. The molecule has 1 aromatic rings. The van der Waals surface area contributed by atoms with E-state index in [4.69, 9.17) is 0 Å². The minimum Gasteiger partial charge on any atom is -0.297 e. The van der Waals surface area contributed by atoms with Crippen molar-refractivity contribution in [2.75, 3.05) is 11.4 Å². The molecule has 1 aromatic heterocycles. The summed E-state index contributed by atoms with van der Waals surface area (Å²) >= 11 is 1.24. The molecule has 5 nitrogen and oxygen atoms in total. The Hall–Kier alpha value is -1.56. The van der Waals surface area contributed by atoms with Gasteiger partial charge in [-0.3, -0.25) is 19.3 Å². The average molecular weight is 278 g/mol. The SMILES string of the molecule is CC1(C)CC(=O)c2sc(N3CC(=O)CC3=O)nc2C1. The van der Waals surface area contributed by atoms with Crippen molar-refractivity contribution in [3.05, 3.63) is 10.6 Å². The predicted octanol–water partition coefficient (Wildman–Crippen LogP) is 1.60. The van der Waals surface area contributed by atoms with Gasteiger partial charge in [-0.15, -0.1) is 0 Å². The summed E-state index contributed by atoms with van der Waals surface area (Å²) in [6.07, 6.45) is 1.19. The molecule has 0 bridgehead atoms. The standard InChI is InChI=1S/C13H14N2O3S/c1-13(2)4-8-11(9(17)5-13)19-12(14-8)15-6-7(16)3-10(15)18/h3-6H2,1-2H3. The first-order valence-corrected chi connectivity index (χ1v) is 7.02. The summed E-state index contributed by atoms with van der Waals surface area (Å²) < 4.78 is 0. The first-order valence-electron chi connectivity index (χ1n) is 6.21. The minimum atomic E-state index is -0.220. The van der Waals surface area contributed by atoms with E-state index in [2.05, 4.69) is 4.98 Å². The topological polar surface area (TPSA) is 67.3 Å². The number of rotatable bonds is 1. The number of anilines is 1. The third-order valence-electron chi connectivity index (χ3n) is 3.44. The molecule has 6 heteroatoms. The monoisotopic (exact) mass is 278 g/mol. The van der Waals surface area contributed by atoms with Crippen LogP contribution in [0.3, 0.4) is 0 Å². The maximum absolute atomic E-state index is 12.1. The van der Waals surface area contributed by atoms with Gasteiger partial charge < -0.3 is 0 Å². The number of hydrogen-bond acceptors (Lipinski definition) is 5. The molecule has 100 valence electrons. The summed E-state index contributed by atoms with van der Waals surface area (Å²) in [6, 6.07) is 0. The van der Waals surface area contributed by atoms with E-state index in [0.717, 1.165) is 12.1 Å². The summed E-state index contributed by atoms with van der Waals surface area (Å²) in [5, 5.41) is 0.493. The van der Waals surface area contributed by atoms with E-state index in [0.29, 0.717) is 16.4 Å². The second-order valence-electron chi connectivity index (χ2n) is 5.91. The van der Waals surface area contributed by atoms with Crippen molar-refractivity contribution in [3.63, 3.8) is 0 Å². The molecule has 0 saturated carbocycles. The van der Waals surface area contributed by atoms with Crippen molar-refractivity contribution in [2.24, 2.45) is 5.41 Å².